The molecule has 1 rings (SSSR count). The highest BCUT2D eigenvalue weighted by molar-refractivity contribution is 6.03. The first-order valence-electron chi connectivity index (χ1n) is 5.79. The third-order valence-electron chi connectivity index (χ3n) is 1.95. The molecule has 0 aliphatic rings. The van der Waals surface area contributed by atoms with E-state index in [1.165, 1.54) is 0 Å². The van der Waals surface area contributed by atoms with E-state index in [-0.39, 0.29) is 5.91 Å². The Morgan fingerprint density at radius 1 is 1.19 bits per heavy atom. The molecule has 16 heavy (non-hydrogen) atoms. The molecule has 0 saturated carbocycles. The second-order valence-corrected chi connectivity index (χ2v) is 3.37. The number of benzene rings is 1. The lowest BCUT2D eigenvalue weighted by atomic mass is 10.1. The molecule has 0 atom stereocenters. The highest BCUT2D eigenvalue weighted by Gasteiger charge is 2.07. The van der Waals surface area contributed by atoms with Gasteiger partial charge in [-0.15, -0.1) is 0 Å². The summed E-state index contributed by atoms with van der Waals surface area (Å²) in [5.74, 6) is -0.137. The maximum atomic E-state index is 11.6. The van der Waals surface area contributed by atoms with Gasteiger partial charge in [0.1, 0.15) is 0 Å². The van der Waals surface area contributed by atoms with Crippen LogP contribution in [-0.4, -0.2) is 11.6 Å². The van der Waals surface area contributed by atoms with Crippen molar-refractivity contribution in [1.29, 1.82) is 0 Å². The van der Waals surface area contributed by atoms with Crippen LogP contribution in [0.1, 0.15) is 50.5 Å². The van der Waals surface area contributed by atoms with Crippen molar-refractivity contribution in [1.82, 2.24) is 0 Å². The normalized spacial score (nSPS) is 8.81. The minimum atomic E-state index is -0.137. The van der Waals surface area contributed by atoms with Crippen molar-refractivity contribution in [3.8, 4) is 0 Å². The van der Waals surface area contributed by atoms with Gasteiger partial charge in [0.25, 0.3) is 5.91 Å². The molecule has 0 bridgehead atoms. The van der Waals surface area contributed by atoms with Crippen molar-refractivity contribution in [2.75, 3.05) is 0 Å². The predicted molar refractivity (Wildman–Crippen MR) is 70.3 cm³/mol. The standard InChI is InChI=1S/C12H15NO.C2H6/c1-4-10-7-5-6-8-11(10)12(14)13-9(2)3;1-2/h5-8H,4H2,1-3H3;1-2H3. The predicted octanol–water partition coefficient (Wildman–Crippen LogP) is 3.90. The van der Waals surface area contributed by atoms with Crippen molar-refractivity contribution >= 4 is 11.6 Å². The second kappa shape index (κ2) is 7.80. The maximum Gasteiger partial charge on any atom is 0.277 e. The van der Waals surface area contributed by atoms with Gasteiger partial charge in [0.05, 0.1) is 0 Å². The smallest absolute Gasteiger partial charge is 0.267 e. The van der Waals surface area contributed by atoms with Crippen LogP contribution in [0.15, 0.2) is 29.3 Å². The van der Waals surface area contributed by atoms with Gasteiger partial charge in [0.2, 0.25) is 0 Å². The van der Waals surface area contributed by atoms with Crippen molar-refractivity contribution in [3.63, 3.8) is 0 Å². The summed E-state index contributed by atoms with van der Waals surface area (Å²) in [6, 6.07) is 7.60. The van der Waals surface area contributed by atoms with E-state index in [4.69, 9.17) is 0 Å². The fraction of sp³-hybridized carbons (Fsp3) is 0.429. The molecule has 88 valence electrons. The number of rotatable bonds is 2. The van der Waals surface area contributed by atoms with E-state index in [2.05, 4.69) is 4.99 Å². The molecule has 0 heterocycles. The average Bonchev–Trinajstić information content (AvgIpc) is 2.30. The van der Waals surface area contributed by atoms with Crippen LogP contribution in [0.25, 0.3) is 0 Å². The maximum absolute atomic E-state index is 11.6. The van der Waals surface area contributed by atoms with Gasteiger partial charge >= 0.3 is 0 Å². The quantitative estimate of drug-likeness (QED) is 0.694. The third kappa shape index (κ3) is 4.39. The summed E-state index contributed by atoms with van der Waals surface area (Å²) in [5.41, 5.74) is 2.57. The summed E-state index contributed by atoms with van der Waals surface area (Å²) >= 11 is 0. The van der Waals surface area contributed by atoms with E-state index in [0.29, 0.717) is 0 Å². The fourth-order valence-corrected chi connectivity index (χ4v) is 1.30. The van der Waals surface area contributed by atoms with Gasteiger partial charge < -0.3 is 0 Å². The molecule has 1 aromatic rings. The Bertz CT molecular complexity index is 363. The Balaban J connectivity index is 0.00000106. The van der Waals surface area contributed by atoms with E-state index in [1.54, 1.807) is 0 Å². The molecule has 2 heteroatoms. The van der Waals surface area contributed by atoms with Crippen LogP contribution in [0, 0.1) is 0 Å². The first-order valence-corrected chi connectivity index (χ1v) is 5.79. The summed E-state index contributed by atoms with van der Waals surface area (Å²) in [7, 11) is 0. The number of aliphatic imine (C=N–C) groups is 1. The van der Waals surface area contributed by atoms with Gasteiger partial charge in [-0.25, -0.2) is 4.99 Å². The molecule has 1 aromatic carbocycles. The molecule has 1 amide bonds. The molecule has 0 aliphatic heterocycles. The molecule has 0 fully saturated rings. The summed E-state index contributed by atoms with van der Waals surface area (Å²) in [5, 5.41) is 0. The molecule has 0 spiro atoms. The molecule has 2 nitrogen and oxygen atoms in total. The van der Waals surface area contributed by atoms with Gasteiger partial charge in [-0.05, 0) is 31.9 Å². The summed E-state index contributed by atoms with van der Waals surface area (Å²) in [6.45, 7) is 9.69. The Morgan fingerprint density at radius 3 is 2.25 bits per heavy atom. The first kappa shape index (κ1) is 14.6. The van der Waals surface area contributed by atoms with Gasteiger partial charge in [-0.2, -0.15) is 0 Å². The van der Waals surface area contributed by atoms with E-state index in [0.717, 1.165) is 23.3 Å². The van der Waals surface area contributed by atoms with Crippen LogP contribution in [0.5, 0.6) is 0 Å². The topological polar surface area (TPSA) is 29.4 Å². The molecule has 0 unspecified atom stereocenters. The lowest BCUT2D eigenvalue weighted by Crippen LogP contribution is -2.02. The van der Waals surface area contributed by atoms with Crippen molar-refractivity contribution in [2.24, 2.45) is 4.99 Å². The number of hydrogen-bond acceptors (Lipinski definition) is 1. The molecular formula is C14H21NO. The van der Waals surface area contributed by atoms with E-state index < -0.39 is 0 Å². The number of nitrogens with zero attached hydrogens (tertiary/aromatic N) is 1. The number of carbonyl (C=O) groups excluding carboxylic acids is 1. The Kier molecular flexibility index (Phi) is 7.10. The van der Waals surface area contributed by atoms with Gasteiger partial charge in [-0.3, -0.25) is 4.79 Å². The zero-order chi connectivity index (χ0) is 12.6. The zero-order valence-electron chi connectivity index (χ0n) is 10.9. The first-order chi connectivity index (χ1) is 7.65. The summed E-state index contributed by atoms with van der Waals surface area (Å²) in [6.07, 6.45) is 0.861. The van der Waals surface area contributed by atoms with Crippen LogP contribution >= 0.6 is 0 Å². The number of carbonyl (C=O) groups is 1. The average molecular weight is 219 g/mol. The Hall–Kier alpha value is -1.44. The summed E-state index contributed by atoms with van der Waals surface area (Å²) in [4.78, 5) is 15.6. The molecule has 0 saturated heterocycles. The Morgan fingerprint density at radius 2 is 1.75 bits per heavy atom. The zero-order valence-corrected chi connectivity index (χ0v) is 10.9. The molecule has 0 radical (unpaired) electrons. The van der Waals surface area contributed by atoms with Crippen LogP contribution in [0.3, 0.4) is 0 Å². The monoisotopic (exact) mass is 219 g/mol. The van der Waals surface area contributed by atoms with E-state index in [9.17, 15) is 4.79 Å². The van der Waals surface area contributed by atoms with Crippen LogP contribution in [-0.2, 0) is 6.42 Å². The van der Waals surface area contributed by atoms with Gasteiger partial charge in [-0.1, -0.05) is 39.0 Å². The summed E-state index contributed by atoms with van der Waals surface area (Å²) < 4.78 is 0. The minimum Gasteiger partial charge on any atom is -0.267 e. The number of hydrogen-bond donors (Lipinski definition) is 0. The number of amides is 1. The lowest BCUT2D eigenvalue weighted by molar-refractivity contribution is 0.100. The SMILES string of the molecule is CC.CCc1ccccc1C(=O)N=C(C)C. The van der Waals surface area contributed by atoms with Gasteiger partial charge in [0.15, 0.2) is 0 Å². The molecule has 0 aromatic heterocycles. The number of aryl methyl sites for hydroxylation is 1. The lowest BCUT2D eigenvalue weighted by Gasteiger charge is -2.02. The van der Waals surface area contributed by atoms with Gasteiger partial charge in [0, 0.05) is 11.3 Å². The highest BCUT2D eigenvalue weighted by Crippen LogP contribution is 2.10. The van der Waals surface area contributed by atoms with Crippen LogP contribution < -0.4 is 0 Å². The van der Waals surface area contributed by atoms with Crippen LogP contribution in [0.4, 0.5) is 0 Å². The molecule has 0 N–H and O–H groups in total. The molecular weight excluding hydrogens is 198 g/mol. The molecule has 0 aliphatic carbocycles. The third-order valence-corrected chi connectivity index (χ3v) is 1.95. The van der Waals surface area contributed by atoms with Crippen molar-refractivity contribution in [3.05, 3.63) is 35.4 Å². The largest absolute Gasteiger partial charge is 0.277 e. The van der Waals surface area contributed by atoms with E-state index >= 15 is 0 Å². The Labute approximate surface area is 98.4 Å². The second-order valence-electron chi connectivity index (χ2n) is 3.37. The highest BCUT2D eigenvalue weighted by atomic mass is 16.1. The van der Waals surface area contributed by atoms with Crippen molar-refractivity contribution in [2.45, 2.75) is 41.0 Å². The minimum absolute atomic E-state index is 0.137. The fourth-order valence-electron chi connectivity index (χ4n) is 1.30. The van der Waals surface area contributed by atoms with Crippen molar-refractivity contribution < 1.29 is 4.79 Å². The van der Waals surface area contributed by atoms with Crippen LogP contribution in [0.2, 0.25) is 0 Å². The van der Waals surface area contributed by atoms with E-state index in [1.807, 2.05) is 58.9 Å².